The monoisotopic (exact) mass is 401 g/mol. The number of thiophene rings is 1. The fourth-order valence-electron chi connectivity index (χ4n) is 1.74. The molecule has 0 bridgehead atoms. The van der Waals surface area contributed by atoms with Crippen molar-refractivity contribution < 1.29 is 4.79 Å². The Morgan fingerprint density at radius 3 is 2.32 bits per heavy atom. The lowest BCUT2D eigenvalue weighted by Gasteiger charge is -2.26. The lowest BCUT2D eigenvalue weighted by molar-refractivity contribution is 0.0915. The zero-order valence-electron chi connectivity index (χ0n) is 10.5. The molecule has 0 aliphatic rings. The Morgan fingerprint density at radius 1 is 1.16 bits per heavy atom. The molecule has 19 heavy (non-hydrogen) atoms. The van der Waals surface area contributed by atoms with Gasteiger partial charge in [0.15, 0.2) is 0 Å². The number of hydrogen-bond acceptors (Lipinski definition) is 2. The molecule has 0 saturated heterocycles. The number of rotatable bonds is 3. The number of halogens is 2. The second-order valence-corrected chi connectivity index (χ2v) is 7.37. The number of nitrogens with one attached hydrogen (secondary N) is 1. The Bertz CT molecular complexity index is 590. The van der Waals surface area contributed by atoms with Crippen LogP contribution in [-0.4, -0.2) is 5.91 Å². The first-order chi connectivity index (χ1) is 8.90. The quantitative estimate of drug-likeness (QED) is 0.773. The lowest BCUT2D eigenvalue weighted by Crippen LogP contribution is -2.40. The van der Waals surface area contributed by atoms with Crippen LogP contribution in [0, 0.1) is 0 Å². The van der Waals surface area contributed by atoms with Crippen LogP contribution in [0.3, 0.4) is 0 Å². The Labute approximate surface area is 133 Å². The molecule has 0 aliphatic heterocycles. The summed E-state index contributed by atoms with van der Waals surface area (Å²) in [5.74, 6) is -0.0604. The van der Waals surface area contributed by atoms with E-state index in [4.69, 9.17) is 0 Å². The first-order valence-corrected chi connectivity index (χ1v) is 8.18. The molecule has 0 radical (unpaired) electrons. The van der Waals surface area contributed by atoms with Gasteiger partial charge in [0.1, 0.15) is 4.88 Å². The maximum atomic E-state index is 12.2. The molecule has 2 nitrogen and oxygen atoms in total. The average Bonchev–Trinajstić information content (AvgIpc) is 2.75. The van der Waals surface area contributed by atoms with E-state index in [2.05, 4.69) is 37.2 Å². The predicted octanol–water partition coefficient (Wildman–Crippen LogP) is 4.94. The number of hydrogen-bond donors (Lipinski definition) is 1. The molecule has 2 rings (SSSR count). The van der Waals surface area contributed by atoms with Crippen LogP contribution in [0.15, 0.2) is 44.7 Å². The van der Waals surface area contributed by atoms with Gasteiger partial charge < -0.3 is 5.32 Å². The third kappa shape index (κ3) is 3.46. The molecule has 2 aromatic rings. The third-order valence-electron chi connectivity index (χ3n) is 2.82. The maximum absolute atomic E-state index is 12.2. The van der Waals surface area contributed by atoms with E-state index in [0.717, 1.165) is 14.5 Å². The van der Waals surface area contributed by atoms with Crippen molar-refractivity contribution in [2.24, 2.45) is 0 Å². The van der Waals surface area contributed by atoms with Crippen LogP contribution in [0.5, 0.6) is 0 Å². The minimum Gasteiger partial charge on any atom is -0.342 e. The summed E-state index contributed by atoms with van der Waals surface area (Å²) in [7, 11) is 0. The highest BCUT2D eigenvalue weighted by atomic mass is 79.9. The summed E-state index contributed by atoms with van der Waals surface area (Å²) in [4.78, 5) is 12.9. The number of carbonyl (C=O) groups excluding carboxylic acids is 1. The Balaban J connectivity index is 2.19. The van der Waals surface area contributed by atoms with Crippen molar-refractivity contribution in [1.82, 2.24) is 5.32 Å². The summed E-state index contributed by atoms with van der Waals surface area (Å²) in [6.45, 7) is 3.99. The van der Waals surface area contributed by atoms with E-state index in [-0.39, 0.29) is 5.91 Å². The molecular weight excluding hydrogens is 390 g/mol. The molecule has 0 fully saturated rings. The summed E-state index contributed by atoms with van der Waals surface area (Å²) in [6, 6.07) is 9.85. The van der Waals surface area contributed by atoms with Gasteiger partial charge in [0.2, 0.25) is 0 Å². The van der Waals surface area contributed by atoms with E-state index in [0.29, 0.717) is 4.88 Å². The van der Waals surface area contributed by atoms with Crippen molar-refractivity contribution in [3.63, 3.8) is 0 Å². The summed E-state index contributed by atoms with van der Waals surface area (Å²) in [6.07, 6.45) is 0. The van der Waals surface area contributed by atoms with Gasteiger partial charge in [-0.15, -0.1) is 11.3 Å². The molecule has 1 aromatic carbocycles. The van der Waals surface area contributed by atoms with Gasteiger partial charge in [0, 0.05) is 8.95 Å². The van der Waals surface area contributed by atoms with Crippen LogP contribution in [-0.2, 0) is 5.54 Å². The van der Waals surface area contributed by atoms with E-state index in [9.17, 15) is 4.79 Å². The highest BCUT2D eigenvalue weighted by molar-refractivity contribution is 9.10. The fourth-order valence-corrected chi connectivity index (χ4v) is 3.45. The van der Waals surface area contributed by atoms with Gasteiger partial charge >= 0.3 is 0 Å². The molecule has 0 atom stereocenters. The van der Waals surface area contributed by atoms with Crippen molar-refractivity contribution in [2.75, 3.05) is 0 Å². The zero-order chi connectivity index (χ0) is 14.0. The summed E-state index contributed by atoms with van der Waals surface area (Å²) >= 11 is 8.23. The van der Waals surface area contributed by atoms with Crippen molar-refractivity contribution in [1.29, 1.82) is 0 Å². The molecule has 1 heterocycles. The zero-order valence-corrected chi connectivity index (χ0v) is 14.5. The Kier molecular flexibility index (Phi) is 4.48. The minimum atomic E-state index is -0.415. The van der Waals surface area contributed by atoms with E-state index in [1.807, 2.05) is 49.6 Å². The van der Waals surface area contributed by atoms with Crippen LogP contribution < -0.4 is 5.32 Å². The predicted molar refractivity (Wildman–Crippen MR) is 86.7 cm³/mol. The molecule has 5 heteroatoms. The van der Waals surface area contributed by atoms with Crippen LogP contribution in [0.1, 0.15) is 29.1 Å². The van der Waals surface area contributed by atoms with E-state index >= 15 is 0 Å². The second-order valence-electron chi connectivity index (χ2n) is 4.68. The molecule has 0 saturated carbocycles. The molecule has 0 spiro atoms. The lowest BCUT2D eigenvalue weighted by atomic mass is 9.94. The summed E-state index contributed by atoms with van der Waals surface area (Å²) in [5, 5.41) is 4.96. The van der Waals surface area contributed by atoms with Gasteiger partial charge in [0.05, 0.1) is 5.54 Å². The van der Waals surface area contributed by atoms with Gasteiger partial charge in [-0.1, -0.05) is 28.1 Å². The van der Waals surface area contributed by atoms with Crippen molar-refractivity contribution in [3.05, 3.63) is 55.1 Å². The smallest absolute Gasteiger partial charge is 0.263 e. The number of carbonyl (C=O) groups is 1. The molecule has 0 aliphatic carbocycles. The molecular formula is C14H13Br2NOS. The van der Waals surface area contributed by atoms with Crippen molar-refractivity contribution in [3.8, 4) is 0 Å². The van der Waals surface area contributed by atoms with Gasteiger partial charge in [-0.05, 0) is 58.9 Å². The highest BCUT2D eigenvalue weighted by Crippen LogP contribution is 2.26. The molecule has 1 amide bonds. The number of amides is 1. The number of benzene rings is 1. The largest absolute Gasteiger partial charge is 0.342 e. The van der Waals surface area contributed by atoms with E-state index in [1.165, 1.54) is 11.3 Å². The first kappa shape index (κ1) is 14.8. The first-order valence-electron chi connectivity index (χ1n) is 5.72. The van der Waals surface area contributed by atoms with Crippen LogP contribution in [0.25, 0.3) is 0 Å². The van der Waals surface area contributed by atoms with Gasteiger partial charge in [-0.3, -0.25) is 4.79 Å². The SMILES string of the molecule is CC(C)(NC(=O)c1sccc1Br)c1ccc(Br)cc1. The van der Waals surface area contributed by atoms with Crippen LogP contribution >= 0.6 is 43.2 Å². The van der Waals surface area contributed by atoms with Crippen molar-refractivity contribution in [2.45, 2.75) is 19.4 Å². The summed E-state index contributed by atoms with van der Waals surface area (Å²) < 4.78 is 1.86. The second kappa shape index (κ2) is 5.77. The molecule has 1 aromatic heterocycles. The standard InChI is InChI=1S/C14H13Br2NOS/c1-14(2,9-3-5-10(15)6-4-9)17-13(18)12-11(16)7-8-19-12/h3-8H,1-2H3,(H,17,18). The Hall–Kier alpha value is -0.650. The van der Waals surface area contributed by atoms with Crippen molar-refractivity contribution >= 4 is 49.1 Å². The maximum Gasteiger partial charge on any atom is 0.263 e. The average molecular weight is 403 g/mol. The third-order valence-corrected chi connectivity index (χ3v) is 5.18. The van der Waals surface area contributed by atoms with Gasteiger partial charge in [0.25, 0.3) is 5.91 Å². The topological polar surface area (TPSA) is 29.1 Å². The van der Waals surface area contributed by atoms with E-state index < -0.39 is 5.54 Å². The molecule has 1 N–H and O–H groups in total. The van der Waals surface area contributed by atoms with Crippen LogP contribution in [0.4, 0.5) is 0 Å². The van der Waals surface area contributed by atoms with Crippen LogP contribution in [0.2, 0.25) is 0 Å². The normalized spacial score (nSPS) is 11.4. The fraction of sp³-hybridized carbons (Fsp3) is 0.214. The Morgan fingerprint density at radius 2 is 1.79 bits per heavy atom. The van der Waals surface area contributed by atoms with E-state index in [1.54, 1.807) is 0 Å². The van der Waals surface area contributed by atoms with Gasteiger partial charge in [-0.2, -0.15) is 0 Å². The van der Waals surface area contributed by atoms with Gasteiger partial charge in [-0.25, -0.2) is 0 Å². The molecule has 0 unspecified atom stereocenters. The highest BCUT2D eigenvalue weighted by Gasteiger charge is 2.24. The molecule has 100 valence electrons. The minimum absolute atomic E-state index is 0.0604. The summed E-state index contributed by atoms with van der Waals surface area (Å²) in [5.41, 5.74) is 0.651.